The van der Waals surface area contributed by atoms with Gasteiger partial charge in [-0.05, 0) is 44.1 Å². The minimum atomic E-state index is -0.213. The van der Waals surface area contributed by atoms with Crippen LogP contribution in [0.3, 0.4) is 0 Å². The predicted octanol–water partition coefficient (Wildman–Crippen LogP) is 2.86. The molecule has 80 valence electrons. The first-order valence-electron chi connectivity index (χ1n) is 5.22. The van der Waals surface area contributed by atoms with Crippen LogP contribution in [0.1, 0.15) is 35.7 Å². The number of aryl methyl sites for hydroxylation is 1. The maximum Gasteiger partial charge on any atom is 0.180 e. The number of hydrogen-bond acceptors (Lipinski definition) is 3. The first-order chi connectivity index (χ1) is 7.12. The number of carbonyl (C=O) groups is 1. The molecule has 15 heavy (non-hydrogen) atoms. The zero-order chi connectivity index (χ0) is 10.9. The molecule has 0 radical (unpaired) electrons. The van der Waals surface area contributed by atoms with E-state index >= 15 is 0 Å². The smallest absolute Gasteiger partial charge is 0.180 e. The Bertz CT molecular complexity index is 383. The summed E-state index contributed by atoms with van der Waals surface area (Å²) in [5.74, 6) is 1.34. The van der Waals surface area contributed by atoms with E-state index in [2.05, 4.69) is 11.9 Å². The molecule has 2 heterocycles. The fourth-order valence-electron chi connectivity index (χ4n) is 1.94. The second-order valence-corrected chi connectivity index (χ2v) is 5.86. The van der Waals surface area contributed by atoms with Crippen LogP contribution in [-0.4, -0.2) is 21.3 Å². The van der Waals surface area contributed by atoms with Gasteiger partial charge in [0.1, 0.15) is 0 Å². The lowest BCUT2D eigenvalue weighted by Gasteiger charge is -2.20. The average molecular weight is 221 g/mol. The number of thioether (sulfide) groups is 1. The second-order valence-electron chi connectivity index (χ2n) is 4.26. The first kappa shape index (κ1) is 10.7. The fraction of sp³-hybridized carbons (Fsp3) is 0.500. The Morgan fingerprint density at radius 2 is 2.33 bits per heavy atom. The zero-order valence-electron chi connectivity index (χ0n) is 9.12. The van der Waals surface area contributed by atoms with Crippen LogP contribution in [0.4, 0.5) is 0 Å². The van der Waals surface area contributed by atoms with Crippen molar-refractivity contribution in [1.29, 1.82) is 0 Å². The third kappa shape index (κ3) is 2.07. The van der Waals surface area contributed by atoms with Gasteiger partial charge in [0.25, 0.3) is 0 Å². The monoisotopic (exact) mass is 221 g/mol. The van der Waals surface area contributed by atoms with E-state index in [1.165, 1.54) is 0 Å². The van der Waals surface area contributed by atoms with Gasteiger partial charge in [-0.25, -0.2) is 0 Å². The van der Waals surface area contributed by atoms with E-state index in [1.807, 2.05) is 13.0 Å². The Kier molecular flexibility index (Phi) is 2.83. The summed E-state index contributed by atoms with van der Waals surface area (Å²) in [5.41, 5.74) is 1.80. The van der Waals surface area contributed by atoms with Gasteiger partial charge < -0.3 is 0 Å². The summed E-state index contributed by atoms with van der Waals surface area (Å²) < 4.78 is -0.213. The van der Waals surface area contributed by atoms with Gasteiger partial charge in [-0.2, -0.15) is 0 Å². The lowest BCUT2D eigenvalue weighted by Crippen LogP contribution is -2.28. The van der Waals surface area contributed by atoms with Gasteiger partial charge in [-0.1, -0.05) is 0 Å². The van der Waals surface area contributed by atoms with Crippen molar-refractivity contribution in [2.75, 3.05) is 5.75 Å². The van der Waals surface area contributed by atoms with Crippen molar-refractivity contribution in [2.24, 2.45) is 0 Å². The Hall–Kier alpha value is -0.830. The van der Waals surface area contributed by atoms with Gasteiger partial charge in [0.05, 0.1) is 4.75 Å². The van der Waals surface area contributed by atoms with Crippen LogP contribution < -0.4 is 0 Å². The highest BCUT2D eigenvalue weighted by atomic mass is 32.2. The summed E-state index contributed by atoms with van der Waals surface area (Å²) >= 11 is 1.78. The molecular formula is C12H15NOS. The third-order valence-corrected chi connectivity index (χ3v) is 4.36. The number of pyridine rings is 1. The normalized spacial score (nSPS) is 25.5. The van der Waals surface area contributed by atoms with E-state index in [-0.39, 0.29) is 10.5 Å². The molecule has 1 aromatic rings. The van der Waals surface area contributed by atoms with E-state index in [0.29, 0.717) is 0 Å². The molecule has 3 heteroatoms. The van der Waals surface area contributed by atoms with Gasteiger partial charge in [-0.3, -0.25) is 9.78 Å². The van der Waals surface area contributed by atoms with Gasteiger partial charge in [-0.15, -0.1) is 11.8 Å². The maximum atomic E-state index is 12.3. The van der Waals surface area contributed by atoms with Crippen LogP contribution in [0.15, 0.2) is 18.5 Å². The summed E-state index contributed by atoms with van der Waals surface area (Å²) in [6.45, 7) is 4.02. The fourth-order valence-corrected chi connectivity index (χ4v) is 3.22. The molecule has 0 saturated carbocycles. The van der Waals surface area contributed by atoms with Gasteiger partial charge in [0.15, 0.2) is 5.78 Å². The number of rotatable bonds is 2. The minimum Gasteiger partial charge on any atom is -0.293 e. The van der Waals surface area contributed by atoms with Crippen molar-refractivity contribution in [2.45, 2.75) is 31.4 Å². The van der Waals surface area contributed by atoms with E-state index in [0.717, 1.165) is 29.7 Å². The quantitative estimate of drug-likeness (QED) is 0.719. The molecule has 0 bridgehead atoms. The predicted molar refractivity (Wildman–Crippen MR) is 63.4 cm³/mol. The molecule has 1 atom stereocenters. The van der Waals surface area contributed by atoms with Crippen molar-refractivity contribution in [1.82, 2.24) is 4.98 Å². The standard InChI is InChI=1S/C12H15NOS/c1-9-6-10(8-13-7-9)11(14)12(2)4-3-5-15-12/h6-8H,3-5H2,1-2H3. The molecule has 0 aliphatic carbocycles. The Morgan fingerprint density at radius 1 is 1.53 bits per heavy atom. The zero-order valence-corrected chi connectivity index (χ0v) is 9.93. The van der Waals surface area contributed by atoms with Gasteiger partial charge in [0.2, 0.25) is 0 Å². The average Bonchev–Trinajstić information content (AvgIpc) is 2.65. The number of hydrogen-bond donors (Lipinski definition) is 0. The molecule has 2 rings (SSSR count). The van der Waals surface area contributed by atoms with E-state index in [1.54, 1.807) is 24.2 Å². The van der Waals surface area contributed by atoms with E-state index in [4.69, 9.17) is 0 Å². The largest absolute Gasteiger partial charge is 0.293 e. The molecule has 1 fully saturated rings. The Balaban J connectivity index is 2.27. The van der Waals surface area contributed by atoms with Crippen molar-refractivity contribution >= 4 is 17.5 Å². The molecule has 1 aliphatic heterocycles. The minimum absolute atomic E-state index is 0.213. The third-order valence-electron chi connectivity index (χ3n) is 2.84. The SMILES string of the molecule is Cc1cncc(C(=O)C2(C)CCCS2)c1. The summed E-state index contributed by atoms with van der Waals surface area (Å²) in [6.07, 6.45) is 5.59. The lowest BCUT2D eigenvalue weighted by atomic mass is 9.95. The lowest BCUT2D eigenvalue weighted by molar-refractivity contribution is 0.0948. The Labute approximate surface area is 94.5 Å². The van der Waals surface area contributed by atoms with Crippen LogP contribution in [0.2, 0.25) is 0 Å². The van der Waals surface area contributed by atoms with Crippen molar-refractivity contribution in [3.8, 4) is 0 Å². The highest BCUT2D eigenvalue weighted by Crippen LogP contribution is 2.40. The van der Waals surface area contributed by atoms with Crippen LogP contribution in [0.25, 0.3) is 0 Å². The summed E-state index contributed by atoms with van der Waals surface area (Å²) in [7, 11) is 0. The molecule has 1 unspecified atom stereocenters. The number of aromatic nitrogens is 1. The highest BCUT2D eigenvalue weighted by Gasteiger charge is 2.37. The maximum absolute atomic E-state index is 12.3. The number of carbonyl (C=O) groups excluding carboxylic acids is 1. The van der Waals surface area contributed by atoms with Gasteiger partial charge in [0, 0.05) is 18.0 Å². The van der Waals surface area contributed by atoms with Gasteiger partial charge >= 0.3 is 0 Å². The molecular weight excluding hydrogens is 206 g/mol. The molecule has 0 N–H and O–H groups in total. The first-order valence-corrected chi connectivity index (χ1v) is 6.21. The summed E-state index contributed by atoms with van der Waals surface area (Å²) in [4.78, 5) is 16.3. The van der Waals surface area contributed by atoms with Crippen LogP contribution in [-0.2, 0) is 0 Å². The summed E-state index contributed by atoms with van der Waals surface area (Å²) in [6, 6.07) is 1.93. The molecule has 1 aliphatic rings. The van der Waals surface area contributed by atoms with Crippen molar-refractivity contribution in [3.63, 3.8) is 0 Å². The molecule has 0 spiro atoms. The van der Waals surface area contributed by atoms with Crippen molar-refractivity contribution in [3.05, 3.63) is 29.6 Å². The topological polar surface area (TPSA) is 30.0 Å². The molecule has 1 aromatic heterocycles. The van der Waals surface area contributed by atoms with Crippen LogP contribution >= 0.6 is 11.8 Å². The highest BCUT2D eigenvalue weighted by molar-refractivity contribution is 8.01. The molecule has 0 aromatic carbocycles. The van der Waals surface area contributed by atoms with Crippen LogP contribution in [0.5, 0.6) is 0 Å². The Morgan fingerprint density at radius 3 is 2.93 bits per heavy atom. The molecule has 1 saturated heterocycles. The number of Topliss-reactive ketones (excluding diaryl/α,β-unsaturated/α-hetero) is 1. The second kappa shape index (κ2) is 3.97. The number of ketones is 1. The number of nitrogens with zero attached hydrogens (tertiary/aromatic N) is 1. The van der Waals surface area contributed by atoms with Crippen LogP contribution in [0, 0.1) is 6.92 Å². The molecule has 0 amide bonds. The van der Waals surface area contributed by atoms with E-state index in [9.17, 15) is 4.79 Å². The molecule has 2 nitrogen and oxygen atoms in total. The summed E-state index contributed by atoms with van der Waals surface area (Å²) in [5, 5.41) is 0. The van der Waals surface area contributed by atoms with Crippen molar-refractivity contribution < 1.29 is 4.79 Å². The van der Waals surface area contributed by atoms with E-state index < -0.39 is 0 Å².